The first-order chi connectivity index (χ1) is 9.26. The van der Waals surface area contributed by atoms with Crippen LogP contribution in [0, 0.1) is 5.41 Å². The van der Waals surface area contributed by atoms with Crippen molar-refractivity contribution >= 4 is 27.5 Å². The number of hydrogen-bond donors (Lipinski definition) is 1. The molecule has 1 N–H and O–H groups in total. The lowest BCUT2D eigenvalue weighted by atomic mass is 9.98. The van der Waals surface area contributed by atoms with Crippen LogP contribution >= 0.6 is 0 Å². The van der Waals surface area contributed by atoms with E-state index in [4.69, 9.17) is 0 Å². The normalized spacial score (nSPS) is 15.9. The van der Waals surface area contributed by atoms with E-state index in [1.165, 1.54) is 5.19 Å². The van der Waals surface area contributed by atoms with Crippen molar-refractivity contribution in [1.29, 1.82) is 0 Å². The van der Waals surface area contributed by atoms with Gasteiger partial charge in [0.15, 0.2) is 0 Å². The molecule has 1 unspecified atom stereocenters. The van der Waals surface area contributed by atoms with Gasteiger partial charge in [0.2, 0.25) is 0 Å². The molecule has 0 amide bonds. The van der Waals surface area contributed by atoms with Gasteiger partial charge in [-0.3, -0.25) is 0 Å². The minimum Gasteiger partial charge on any atom is -0.396 e. The fraction of sp³-hybridized carbons (Fsp3) is 0.647. The summed E-state index contributed by atoms with van der Waals surface area (Å²) in [6, 6.07) is 11.0. The largest absolute Gasteiger partial charge is 0.396 e. The first-order valence-electron chi connectivity index (χ1n) is 8.00. The van der Waals surface area contributed by atoms with Gasteiger partial charge in [-0.25, -0.2) is 0 Å². The van der Waals surface area contributed by atoms with Crippen molar-refractivity contribution < 1.29 is 5.11 Å². The number of benzene rings is 1. The van der Waals surface area contributed by atoms with Gasteiger partial charge in [-0.1, -0.05) is 95.6 Å². The van der Waals surface area contributed by atoms with Gasteiger partial charge >= 0.3 is 0 Å². The van der Waals surface area contributed by atoms with Crippen LogP contribution < -0.4 is 5.19 Å². The van der Waals surface area contributed by atoms with Crippen LogP contribution in [0.5, 0.6) is 0 Å². The number of rotatable bonds is 4. The molecule has 0 radical (unpaired) electrons. The average Bonchev–Trinajstić information content (AvgIpc) is 2.25. The minimum atomic E-state index is -1.98. The van der Waals surface area contributed by atoms with E-state index in [2.05, 4.69) is 90.4 Å². The molecule has 0 saturated heterocycles. The second-order valence-corrected chi connectivity index (χ2v) is 36.4. The third kappa shape index (κ3) is 3.28. The van der Waals surface area contributed by atoms with E-state index in [9.17, 15) is 5.11 Å². The molecule has 0 aliphatic carbocycles. The van der Waals surface area contributed by atoms with Gasteiger partial charge in [-0.15, -0.1) is 0 Å². The second-order valence-electron chi connectivity index (χ2n) is 9.44. The van der Waals surface area contributed by atoms with E-state index in [0.717, 1.165) is 0 Å². The van der Waals surface area contributed by atoms with Gasteiger partial charge in [-0.05, 0) is 5.41 Å². The molecule has 21 heavy (non-hydrogen) atoms. The molecule has 0 aliphatic heterocycles. The predicted molar refractivity (Wildman–Crippen MR) is 104 cm³/mol. The fourth-order valence-corrected chi connectivity index (χ4v) is 53.0. The number of aliphatic hydroxyl groups is 1. The highest BCUT2D eigenvalue weighted by Gasteiger charge is 2.62. The van der Waals surface area contributed by atoms with Crippen LogP contribution in [-0.4, -0.2) is 33.1 Å². The molecule has 0 fully saturated rings. The zero-order valence-electron chi connectivity index (χ0n) is 15.4. The lowest BCUT2D eigenvalue weighted by molar-refractivity contribution is 0.129. The van der Waals surface area contributed by atoms with Crippen LogP contribution in [0.3, 0.4) is 0 Å². The Morgan fingerprint density at radius 1 is 0.810 bits per heavy atom. The lowest BCUT2D eigenvalue weighted by Gasteiger charge is -2.56. The van der Waals surface area contributed by atoms with Crippen LogP contribution in [0.15, 0.2) is 30.3 Å². The fourth-order valence-electron chi connectivity index (χ4n) is 4.32. The molecule has 1 aromatic rings. The Bertz CT molecular complexity index is 450. The van der Waals surface area contributed by atoms with Crippen LogP contribution in [0.2, 0.25) is 39.3 Å². The number of aliphatic hydroxyl groups excluding tert-OH is 1. The summed E-state index contributed by atoms with van der Waals surface area (Å²) in [5.74, 6) is 0. The summed E-state index contributed by atoms with van der Waals surface area (Å²) in [7, 11) is -5.05. The molecule has 1 nitrogen and oxygen atoms in total. The summed E-state index contributed by atoms with van der Waals surface area (Å²) in [5, 5.41) is 13.0. The Labute approximate surface area is 134 Å². The molecule has 1 rings (SSSR count). The summed E-state index contributed by atoms with van der Waals surface area (Å²) in [6.07, 6.45) is 0. The van der Waals surface area contributed by atoms with E-state index >= 15 is 0 Å². The van der Waals surface area contributed by atoms with E-state index in [1.54, 1.807) is 0 Å². The Balaban J connectivity index is 3.77. The van der Waals surface area contributed by atoms with Gasteiger partial charge in [0.05, 0.1) is 5.73 Å². The van der Waals surface area contributed by atoms with Crippen molar-refractivity contribution in [2.45, 2.75) is 65.8 Å². The molecule has 4 heteroatoms. The Morgan fingerprint density at radius 2 is 1.19 bits per heavy atom. The summed E-state index contributed by atoms with van der Waals surface area (Å²) < 4.78 is 0. The molecular weight excluding hydrogens is 304 g/mol. The van der Waals surface area contributed by atoms with Crippen molar-refractivity contribution in [3.8, 4) is 0 Å². The summed E-state index contributed by atoms with van der Waals surface area (Å²) in [5.41, 5.74) is -0.228. The SMILES string of the molecule is CC(C)(C)C(O)[Si](c1ccccc1)([Si](C)(C)C)[Si](C)(C)C. The monoisotopic (exact) mass is 338 g/mol. The number of hydrogen-bond acceptors (Lipinski definition) is 1. The zero-order chi connectivity index (χ0) is 16.7. The van der Waals surface area contributed by atoms with Crippen molar-refractivity contribution in [1.82, 2.24) is 0 Å². The van der Waals surface area contributed by atoms with E-state index in [-0.39, 0.29) is 11.1 Å². The quantitative estimate of drug-likeness (QED) is 0.819. The van der Waals surface area contributed by atoms with Gasteiger partial charge in [0, 0.05) is 15.2 Å². The molecule has 0 aromatic heterocycles. The molecular formula is C17H34OSi3. The van der Waals surface area contributed by atoms with Crippen LogP contribution in [0.1, 0.15) is 20.8 Å². The maximum absolute atomic E-state index is 11.6. The van der Waals surface area contributed by atoms with E-state index in [0.29, 0.717) is 0 Å². The van der Waals surface area contributed by atoms with Gasteiger partial charge in [-0.2, -0.15) is 0 Å². The highest BCUT2D eigenvalue weighted by Crippen LogP contribution is 2.38. The predicted octanol–water partition coefficient (Wildman–Crippen LogP) is 4.12. The molecule has 1 atom stereocenters. The third-order valence-electron chi connectivity index (χ3n) is 4.83. The molecule has 0 aliphatic rings. The average molecular weight is 339 g/mol. The zero-order valence-corrected chi connectivity index (χ0v) is 18.4. The van der Waals surface area contributed by atoms with Gasteiger partial charge < -0.3 is 5.11 Å². The van der Waals surface area contributed by atoms with Crippen LogP contribution in [-0.2, 0) is 0 Å². The maximum Gasteiger partial charge on any atom is 0.106 e. The summed E-state index contributed by atoms with van der Waals surface area (Å²) in [6.45, 7) is 21.5. The lowest BCUT2D eigenvalue weighted by Crippen LogP contribution is -2.85. The van der Waals surface area contributed by atoms with Crippen LogP contribution in [0.25, 0.3) is 0 Å². The van der Waals surface area contributed by atoms with Gasteiger partial charge in [0.25, 0.3) is 0 Å². The minimum absolute atomic E-state index is 0.0530. The van der Waals surface area contributed by atoms with Crippen molar-refractivity contribution in [2.75, 3.05) is 0 Å². The molecule has 1 aromatic carbocycles. The topological polar surface area (TPSA) is 20.2 Å². The molecule has 0 spiro atoms. The highest BCUT2D eigenvalue weighted by molar-refractivity contribution is 7.73. The van der Waals surface area contributed by atoms with E-state index in [1.807, 2.05) is 0 Å². The van der Waals surface area contributed by atoms with Gasteiger partial charge in [0.1, 0.15) is 7.11 Å². The van der Waals surface area contributed by atoms with Crippen molar-refractivity contribution in [2.24, 2.45) is 5.41 Å². The third-order valence-corrected chi connectivity index (χ3v) is 43.6. The van der Waals surface area contributed by atoms with Crippen LogP contribution in [0.4, 0.5) is 0 Å². The molecule has 0 saturated carbocycles. The second kappa shape index (κ2) is 5.80. The molecule has 0 bridgehead atoms. The molecule has 0 heterocycles. The van der Waals surface area contributed by atoms with Crippen molar-refractivity contribution in [3.63, 3.8) is 0 Å². The van der Waals surface area contributed by atoms with E-state index < -0.39 is 22.3 Å². The smallest absolute Gasteiger partial charge is 0.106 e. The summed E-state index contributed by atoms with van der Waals surface area (Å²) >= 11 is 0. The standard InChI is InChI=1S/C17H34OSi3/c1-17(2,3)16(18)21(19(4,5)6,20(7,8)9)15-13-11-10-12-14-15/h10-14,16,18H,1-9H3. The Kier molecular flexibility index (Phi) is 5.21. The summed E-state index contributed by atoms with van der Waals surface area (Å²) in [4.78, 5) is 0. The first kappa shape index (κ1) is 18.9. The maximum atomic E-state index is 11.6. The first-order valence-corrected chi connectivity index (χ1v) is 19.1. The Hall–Kier alpha value is -0.169. The van der Waals surface area contributed by atoms with Crippen molar-refractivity contribution in [3.05, 3.63) is 30.3 Å². The highest BCUT2D eigenvalue weighted by atomic mass is 29.6. The Morgan fingerprint density at radius 3 is 1.48 bits per heavy atom. The molecule has 120 valence electrons.